The van der Waals surface area contributed by atoms with Crippen LogP contribution < -0.4 is 11.1 Å². The highest BCUT2D eigenvalue weighted by Crippen LogP contribution is 2.13. The van der Waals surface area contributed by atoms with Crippen LogP contribution in [0.3, 0.4) is 0 Å². The van der Waals surface area contributed by atoms with Crippen molar-refractivity contribution in [3.05, 3.63) is 23.9 Å². The topological polar surface area (TPSA) is 60.2 Å². The quantitative estimate of drug-likeness (QED) is 0.770. The van der Waals surface area contributed by atoms with Crippen LogP contribution in [0.2, 0.25) is 0 Å². The SMILES string of the molecule is NC(=S)c1ccnc(NCC2CCOC2)c1. The molecule has 1 atom stereocenters. The summed E-state index contributed by atoms with van der Waals surface area (Å²) in [5.74, 6) is 1.40. The lowest BCUT2D eigenvalue weighted by atomic mass is 10.1. The Morgan fingerprint density at radius 2 is 2.56 bits per heavy atom. The van der Waals surface area contributed by atoms with Crippen LogP contribution in [0, 0.1) is 5.92 Å². The summed E-state index contributed by atoms with van der Waals surface area (Å²) in [7, 11) is 0. The van der Waals surface area contributed by atoms with Crippen molar-refractivity contribution in [2.45, 2.75) is 6.42 Å². The second kappa shape index (κ2) is 5.23. The third-order valence-electron chi connectivity index (χ3n) is 2.64. The van der Waals surface area contributed by atoms with E-state index >= 15 is 0 Å². The van der Waals surface area contributed by atoms with Crippen LogP contribution in [-0.2, 0) is 4.74 Å². The van der Waals surface area contributed by atoms with Crippen LogP contribution in [-0.4, -0.2) is 29.7 Å². The molecule has 4 nitrogen and oxygen atoms in total. The predicted molar refractivity (Wildman–Crippen MR) is 67.5 cm³/mol. The first-order chi connectivity index (χ1) is 7.75. The number of ether oxygens (including phenoxy) is 1. The Balaban J connectivity index is 1.93. The maximum atomic E-state index is 5.56. The largest absolute Gasteiger partial charge is 0.389 e. The van der Waals surface area contributed by atoms with E-state index in [0.29, 0.717) is 10.9 Å². The Morgan fingerprint density at radius 1 is 1.69 bits per heavy atom. The van der Waals surface area contributed by atoms with Gasteiger partial charge in [-0.3, -0.25) is 0 Å². The predicted octanol–water partition coefficient (Wildman–Crippen LogP) is 1.16. The molecule has 2 rings (SSSR count). The number of rotatable bonds is 4. The van der Waals surface area contributed by atoms with Gasteiger partial charge in [-0.25, -0.2) is 4.98 Å². The third-order valence-corrected chi connectivity index (χ3v) is 2.88. The van der Waals surface area contributed by atoms with Crippen molar-refractivity contribution < 1.29 is 4.74 Å². The van der Waals surface area contributed by atoms with Gasteiger partial charge in [-0.05, 0) is 18.6 Å². The second-order valence-corrected chi connectivity index (χ2v) is 4.34. The Morgan fingerprint density at radius 3 is 3.25 bits per heavy atom. The van der Waals surface area contributed by atoms with Gasteiger partial charge < -0.3 is 15.8 Å². The molecule has 0 aromatic carbocycles. The lowest BCUT2D eigenvalue weighted by Crippen LogP contribution is -2.16. The van der Waals surface area contributed by atoms with Crippen molar-refractivity contribution in [1.82, 2.24) is 4.98 Å². The zero-order valence-electron chi connectivity index (χ0n) is 8.98. The molecule has 0 saturated carbocycles. The standard InChI is InChI=1S/C11H15N3OS/c12-11(16)9-1-3-13-10(5-9)14-6-8-2-4-15-7-8/h1,3,5,8H,2,4,6-7H2,(H2,12,16)(H,13,14). The number of nitrogens with two attached hydrogens (primary N) is 1. The zero-order valence-corrected chi connectivity index (χ0v) is 9.80. The van der Waals surface area contributed by atoms with E-state index in [-0.39, 0.29) is 0 Å². The Labute approximate surface area is 100 Å². The zero-order chi connectivity index (χ0) is 11.4. The first-order valence-electron chi connectivity index (χ1n) is 5.33. The smallest absolute Gasteiger partial charge is 0.126 e. The maximum Gasteiger partial charge on any atom is 0.126 e. The number of anilines is 1. The molecule has 86 valence electrons. The average molecular weight is 237 g/mol. The molecular formula is C11H15N3OS. The van der Waals surface area contributed by atoms with Crippen molar-refractivity contribution in [3.63, 3.8) is 0 Å². The maximum absolute atomic E-state index is 5.56. The van der Waals surface area contributed by atoms with Gasteiger partial charge in [-0.15, -0.1) is 0 Å². The molecule has 3 N–H and O–H groups in total. The summed E-state index contributed by atoms with van der Waals surface area (Å²) in [6.45, 7) is 2.59. The molecule has 1 aromatic rings. The highest BCUT2D eigenvalue weighted by Gasteiger charge is 2.15. The van der Waals surface area contributed by atoms with Crippen molar-refractivity contribution in [3.8, 4) is 0 Å². The first-order valence-corrected chi connectivity index (χ1v) is 5.74. The van der Waals surface area contributed by atoms with Gasteiger partial charge in [-0.2, -0.15) is 0 Å². The Bertz CT molecular complexity index is 377. The molecule has 5 heteroatoms. The van der Waals surface area contributed by atoms with Crippen molar-refractivity contribution in [2.75, 3.05) is 25.1 Å². The van der Waals surface area contributed by atoms with Crippen LogP contribution >= 0.6 is 12.2 Å². The average Bonchev–Trinajstić information content (AvgIpc) is 2.79. The number of pyridine rings is 1. The minimum absolute atomic E-state index is 0.398. The summed E-state index contributed by atoms with van der Waals surface area (Å²) in [5, 5.41) is 3.28. The van der Waals surface area contributed by atoms with Crippen LogP contribution in [0.15, 0.2) is 18.3 Å². The van der Waals surface area contributed by atoms with E-state index in [9.17, 15) is 0 Å². The highest BCUT2D eigenvalue weighted by atomic mass is 32.1. The van der Waals surface area contributed by atoms with Crippen molar-refractivity contribution >= 4 is 23.0 Å². The molecule has 0 spiro atoms. The molecule has 16 heavy (non-hydrogen) atoms. The fourth-order valence-electron chi connectivity index (χ4n) is 1.67. The molecule has 1 unspecified atom stereocenters. The van der Waals surface area contributed by atoms with E-state index < -0.39 is 0 Å². The highest BCUT2D eigenvalue weighted by molar-refractivity contribution is 7.80. The number of hydrogen-bond donors (Lipinski definition) is 2. The molecule has 0 bridgehead atoms. The van der Waals surface area contributed by atoms with E-state index in [1.165, 1.54) is 0 Å². The van der Waals surface area contributed by atoms with E-state index in [4.69, 9.17) is 22.7 Å². The van der Waals surface area contributed by atoms with E-state index in [1.807, 2.05) is 12.1 Å². The number of hydrogen-bond acceptors (Lipinski definition) is 4. The van der Waals surface area contributed by atoms with Gasteiger partial charge in [0, 0.05) is 30.8 Å². The summed E-state index contributed by atoms with van der Waals surface area (Å²) >= 11 is 4.92. The van der Waals surface area contributed by atoms with E-state index in [0.717, 1.165) is 37.6 Å². The number of nitrogens with zero attached hydrogens (tertiary/aromatic N) is 1. The van der Waals surface area contributed by atoms with Gasteiger partial charge in [0.1, 0.15) is 10.8 Å². The molecule has 0 amide bonds. The van der Waals surface area contributed by atoms with E-state index in [2.05, 4.69) is 10.3 Å². The van der Waals surface area contributed by atoms with Gasteiger partial charge in [0.25, 0.3) is 0 Å². The molecule has 0 radical (unpaired) electrons. The summed E-state index contributed by atoms with van der Waals surface area (Å²) < 4.78 is 5.31. The van der Waals surface area contributed by atoms with Gasteiger partial charge in [0.15, 0.2) is 0 Å². The monoisotopic (exact) mass is 237 g/mol. The molecule has 1 saturated heterocycles. The van der Waals surface area contributed by atoms with Gasteiger partial charge in [0.05, 0.1) is 6.61 Å². The molecular weight excluding hydrogens is 222 g/mol. The normalized spacial score (nSPS) is 19.6. The molecule has 1 aliphatic rings. The van der Waals surface area contributed by atoms with Crippen LogP contribution in [0.5, 0.6) is 0 Å². The molecule has 1 aliphatic heterocycles. The molecule has 1 aromatic heterocycles. The van der Waals surface area contributed by atoms with Crippen molar-refractivity contribution in [2.24, 2.45) is 11.7 Å². The number of thiocarbonyl (C=S) groups is 1. The fourth-order valence-corrected chi connectivity index (χ4v) is 1.80. The van der Waals surface area contributed by atoms with Crippen LogP contribution in [0.1, 0.15) is 12.0 Å². The summed E-state index contributed by atoms with van der Waals surface area (Å²) in [6.07, 6.45) is 2.82. The van der Waals surface area contributed by atoms with Crippen LogP contribution in [0.4, 0.5) is 5.82 Å². The minimum Gasteiger partial charge on any atom is -0.389 e. The van der Waals surface area contributed by atoms with Crippen molar-refractivity contribution in [1.29, 1.82) is 0 Å². The Kier molecular flexibility index (Phi) is 3.69. The fraction of sp³-hybridized carbons (Fsp3) is 0.455. The summed E-state index contributed by atoms with van der Waals surface area (Å²) in [4.78, 5) is 4.61. The Hall–Kier alpha value is -1.20. The molecule has 2 heterocycles. The molecule has 0 aliphatic carbocycles. The van der Waals surface area contributed by atoms with Gasteiger partial charge >= 0.3 is 0 Å². The minimum atomic E-state index is 0.398. The van der Waals surface area contributed by atoms with E-state index in [1.54, 1.807) is 6.20 Å². The first kappa shape index (κ1) is 11.3. The number of nitrogens with one attached hydrogen (secondary N) is 1. The summed E-state index contributed by atoms with van der Waals surface area (Å²) in [6, 6.07) is 3.68. The molecule has 1 fully saturated rings. The van der Waals surface area contributed by atoms with Gasteiger partial charge in [-0.1, -0.05) is 12.2 Å². The van der Waals surface area contributed by atoms with Gasteiger partial charge in [0.2, 0.25) is 0 Å². The number of aromatic nitrogens is 1. The lowest BCUT2D eigenvalue weighted by Gasteiger charge is -2.10. The van der Waals surface area contributed by atoms with Crippen LogP contribution in [0.25, 0.3) is 0 Å². The third kappa shape index (κ3) is 2.90. The summed E-state index contributed by atoms with van der Waals surface area (Å²) in [5.41, 5.74) is 6.40. The second-order valence-electron chi connectivity index (χ2n) is 3.90. The lowest BCUT2D eigenvalue weighted by molar-refractivity contribution is 0.187.